The highest BCUT2D eigenvalue weighted by molar-refractivity contribution is 7.80. The summed E-state index contributed by atoms with van der Waals surface area (Å²) in [5.41, 5.74) is 6.35. The monoisotopic (exact) mass is 298 g/mol. The molecule has 112 valence electrons. The summed E-state index contributed by atoms with van der Waals surface area (Å²) in [6.45, 7) is 2.16. The third kappa shape index (κ3) is 6.29. The summed E-state index contributed by atoms with van der Waals surface area (Å²) in [6, 6.07) is 7.36. The number of hydrogen-bond donors (Lipinski definition) is 2. The molecular formula is C14H22N2O3S. The maximum Gasteiger partial charge on any atom is 0.119 e. The quantitative estimate of drug-likeness (QED) is 0.652. The van der Waals surface area contributed by atoms with Gasteiger partial charge in [-0.05, 0) is 31.3 Å². The van der Waals surface area contributed by atoms with Gasteiger partial charge in [0.1, 0.15) is 17.3 Å². The minimum Gasteiger partial charge on any atom is -0.492 e. The van der Waals surface area contributed by atoms with Gasteiger partial charge in [-0.2, -0.15) is 0 Å². The smallest absolute Gasteiger partial charge is 0.119 e. The first-order valence-electron chi connectivity index (χ1n) is 6.41. The third-order valence-electron chi connectivity index (χ3n) is 2.76. The Balaban J connectivity index is 2.28. The number of nitrogens with two attached hydrogens (primary N) is 1. The first kappa shape index (κ1) is 16.8. The van der Waals surface area contributed by atoms with Crippen molar-refractivity contribution in [3.05, 3.63) is 29.8 Å². The van der Waals surface area contributed by atoms with Gasteiger partial charge in [0.05, 0.1) is 12.7 Å². The molecule has 0 heterocycles. The Kier molecular flexibility index (Phi) is 7.46. The summed E-state index contributed by atoms with van der Waals surface area (Å²) in [7, 11) is 3.50. The molecule has 0 aliphatic rings. The highest BCUT2D eigenvalue weighted by atomic mass is 32.1. The molecule has 0 aromatic heterocycles. The Labute approximate surface area is 125 Å². The number of benzene rings is 1. The number of aliphatic hydroxyl groups excluding tert-OH is 1. The highest BCUT2D eigenvalue weighted by Crippen LogP contribution is 2.12. The Morgan fingerprint density at radius 1 is 1.40 bits per heavy atom. The summed E-state index contributed by atoms with van der Waals surface area (Å²) in [5.74, 6) is 0.774. The van der Waals surface area contributed by atoms with Gasteiger partial charge in [0, 0.05) is 25.8 Å². The van der Waals surface area contributed by atoms with Gasteiger partial charge in [0.25, 0.3) is 0 Å². The lowest BCUT2D eigenvalue weighted by molar-refractivity contribution is 0.0410. The molecule has 0 radical (unpaired) electrons. The number of aliphatic hydroxyl groups is 1. The Morgan fingerprint density at radius 3 is 2.60 bits per heavy atom. The Bertz CT molecular complexity index is 411. The maximum atomic E-state index is 9.59. The lowest BCUT2D eigenvalue weighted by Gasteiger charge is -2.20. The van der Waals surface area contributed by atoms with Crippen molar-refractivity contribution in [2.75, 3.05) is 40.5 Å². The molecule has 0 saturated heterocycles. The molecule has 1 atom stereocenters. The SMILES string of the molecule is COCC(O)CN(C)CCOc1ccc(C(N)=S)cc1. The summed E-state index contributed by atoms with van der Waals surface area (Å²) in [6.07, 6.45) is -0.477. The lowest BCUT2D eigenvalue weighted by atomic mass is 10.2. The Morgan fingerprint density at radius 2 is 2.05 bits per heavy atom. The van der Waals surface area contributed by atoms with Crippen LogP contribution in [0.25, 0.3) is 0 Å². The van der Waals surface area contributed by atoms with E-state index in [0.29, 0.717) is 24.7 Å². The molecule has 1 aromatic carbocycles. The molecule has 0 amide bonds. The van der Waals surface area contributed by atoms with Crippen LogP contribution in [0.15, 0.2) is 24.3 Å². The van der Waals surface area contributed by atoms with E-state index in [0.717, 1.165) is 17.9 Å². The normalized spacial score (nSPS) is 12.4. The van der Waals surface area contributed by atoms with E-state index in [1.54, 1.807) is 7.11 Å². The van der Waals surface area contributed by atoms with Crippen LogP contribution >= 0.6 is 12.2 Å². The van der Waals surface area contributed by atoms with Gasteiger partial charge < -0.3 is 25.2 Å². The van der Waals surface area contributed by atoms with Crippen LogP contribution in [0.5, 0.6) is 5.75 Å². The number of thiocarbonyl (C=S) groups is 1. The zero-order valence-corrected chi connectivity index (χ0v) is 12.7. The van der Waals surface area contributed by atoms with Crippen molar-refractivity contribution in [3.63, 3.8) is 0 Å². The van der Waals surface area contributed by atoms with E-state index in [4.69, 9.17) is 27.4 Å². The van der Waals surface area contributed by atoms with Gasteiger partial charge in [-0.3, -0.25) is 0 Å². The second-order valence-electron chi connectivity index (χ2n) is 4.61. The molecular weight excluding hydrogens is 276 g/mol. The van der Waals surface area contributed by atoms with Crippen LogP contribution in [-0.4, -0.2) is 61.6 Å². The van der Waals surface area contributed by atoms with Crippen molar-refractivity contribution < 1.29 is 14.6 Å². The Hall–Kier alpha value is -1.21. The number of rotatable bonds is 9. The fourth-order valence-electron chi connectivity index (χ4n) is 1.73. The van der Waals surface area contributed by atoms with Crippen LogP contribution in [0.2, 0.25) is 0 Å². The minimum atomic E-state index is -0.477. The summed E-state index contributed by atoms with van der Waals surface area (Å²) in [4.78, 5) is 2.37. The predicted molar refractivity (Wildman–Crippen MR) is 83.2 cm³/mol. The molecule has 0 fully saturated rings. The average molecular weight is 298 g/mol. The van der Waals surface area contributed by atoms with E-state index in [-0.39, 0.29) is 0 Å². The number of hydrogen-bond acceptors (Lipinski definition) is 5. The van der Waals surface area contributed by atoms with E-state index < -0.39 is 6.10 Å². The van der Waals surface area contributed by atoms with Crippen LogP contribution in [0.1, 0.15) is 5.56 Å². The minimum absolute atomic E-state index is 0.339. The van der Waals surface area contributed by atoms with Gasteiger partial charge in [-0.1, -0.05) is 12.2 Å². The number of ether oxygens (including phenoxy) is 2. The molecule has 1 rings (SSSR count). The second kappa shape index (κ2) is 8.86. The second-order valence-corrected chi connectivity index (χ2v) is 5.05. The molecule has 1 unspecified atom stereocenters. The van der Waals surface area contributed by atoms with Gasteiger partial charge in [0.2, 0.25) is 0 Å². The van der Waals surface area contributed by atoms with E-state index in [9.17, 15) is 5.11 Å². The maximum absolute atomic E-state index is 9.59. The van der Waals surface area contributed by atoms with Gasteiger partial charge in [-0.25, -0.2) is 0 Å². The third-order valence-corrected chi connectivity index (χ3v) is 3.00. The van der Waals surface area contributed by atoms with Crippen LogP contribution in [0, 0.1) is 0 Å². The number of nitrogens with zero attached hydrogens (tertiary/aromatic N) is 1. The van der Waals surface area contributed by atoms with Crippen molar-refractivity contribution in [2.24, 2.45) is 5.73 Å². The molecule has 0 spiro atoms. The van der Waals surface area contributed by atoms with Crippen LogP contribution < -0.4 is 10.5 Å². The molecule has 0 aliphatic carbocycles. The van der Waals surface area contributed by atoms with E-state index in [1.807, 2.05) is 36.2 Å². The van der Waals surface area contributed by atoms with Crippen molar-refractivity contribution in [1.29, 1.82) is 0 Å². The largest absolute Gasteiger partial charge is 0.492 e. The first-order chi connectivity index (χ1) is 9.52. The van der Waals surface area contributed by atoms with Crippen molar-refractivity contribution in [1.82, 2.24) is 4.90 Å². The van der Waals surface area contributed by atoms with E-state index in [2.05, 4.69) is 0 Å². The molecule has 5 nitrogen and oxygen atoms in total. The number of methoxy groups -OCH3 is 1. The molecule has 0 saturated carbocycles. The van der Waals surface area contributed by atoms with Crippen LogP contribution in [0.3, 0.4) is 0 Å². The summed E-state index contributed by atoms with van der Waals surface area (Å²) < 4.78 is 10.5. The zero-order valence-electron chi connectivity index (χ0n) is 11.9. The summed E-state index contributed by atoms with van der Waals surface area (Å²) in [5, 5.41) is 9.59. The first-order valence-corrected chi connectivity index (χ1v) is 6.82. The zero-order chi connectivity index (χ0) is 15.0. The van der Waals surface area contributed by atoms with Gasteiger partial charge in [0.15, 0.2) is 0 Å². The average Bonchev–Trinajstić information content (AvgIpc) is 2.39. The molecule has 3 N–H and O–H groups in total. The molecule has 20 heavy (non-hydrogen) atoms. The van der Waals surface area contributed by atoms with Gasteiger partial charge in [-0.15, -0.1) is 0 Å². The molecule has 6 heteroatoms. The van der Waals surface area contributed by atoms with Crippen molar-refractivity contribution in [3.8, 4) is 5.75 Å². The van der Waals surface area contributed by atoms with Crippen molar-refractivity contribution in [2.45, 2.75) is 6.10 Å². The van der Waals surface area contributed by atoms with Gasteiger partial charge >= 0.3 is 0 Å². The predicted octanol–water partition coefficient (Wildman–Crippen LogP) is 0.639. The van der Waals surface area contributed by atoms with E-state index >= 15 is 0 Å². The molecule has 0 bridgehead atoms. The van der Waals surface area contributed by atoms with Crippen molar-refractivity contribution >= 4 is 17.2 Å². The van der Waals surface area contributed by atoms with E-state index in [1.165, 1.54) is 0 Å². The van der Waals surface area contributed by atoms with Crippen LogP contribution in [-0.2, 0) is 4.74 Å². The topological polar surface area (TPSA) is 68.0 Å². The van der Waals surface area contributed by atoms with Crippen LogP contribution in [0.4, 0.5) is 0 Å². The molecule has 1 aromatic rings. The highest BCUT2D eigenvalue weighted by Gasteiger charge is 2.07. The fraction of sp³-hybridized carbons (Fsp3) is 0.500. The summed E-state index contributed by atoms with van der Waals surface area (Å²) >= 11 is 4.88. The lowest BCUT2D eigenvalue weighted by Crippen LogP contribution is -2.34. The molecule has 0 aliphatic heterocycles. The standard InChI is InChI=1S/C14H22N2O3S/c1-16(9-12(17)10-18-2)7-8-19-13-5-3-11(4-6-13)14(15)20/h3-6,12,17H,7-10H2,1-2H3,(H2,15,20). The number of likely N-dealkylation sites (N-methyl/N-ethyl adjacent to an activating group) is 1. The fourth-order valence-corrected chi connectivity index (χ4v) is 1.87.